The predicted molar refractivity (Wildman–Crippen MR) is 310 cm³/mol. The predicted octanol–water partition coefficient (Wildman–Crippen LogP) is 16.7. The molecule has 0 fully saturated rings. The van der Waals surface area contributed by atoms with Crippen molar-refractivity contribution in [3.63, 3.8) is 0 Å². The normalized spacial score (nSPS) is 12.8. The zero-order chi connectivity index (χ0) is 50.8. The summed E-state index contributed by atoms with van der Waals surface area (Å²) in [6.07, 6.45) is 1.90. The Balaban J connectivity index is 1.25. The van der Waals surface area contributed by atoms with E-state index in [2.05, 4.69) is 236 Å². The van der Waals surface area contributed by atoms with Crippen LogP contribution in [0, 0.1) is 0 Å². The van der Waals surface area contributed by atoms with E-state index in [1.165, 1.54) is 33.0 Å². The number of pyridine rings is 1. The Bertz CT molecular complexity index is 3850. The average molecular weight is 979 g/mol. The van der Waals surface area contributed by atoms with Crippen molar-refractivity contribution >= 4 is 70.5 Å². The maximum absolute atomic E-state index is 12.8. The van der Waals surface area contributed by atoms with Gasteiger partial charge in [-0.2, -0.15) is 0 Å². The minimum absolute atomic E-state index is 0.180. The highest BCUT2D eigenvalue weighted by molar-refractivity contribution is 6.92. The number of phenols is 1. The molecule has 0 aliphatic heterocycles. The van der Waals surface area contributed by atoms with Crippen LogP contribution in [-0.4, -0.2) is 40.4 Å². The van der Waals surface area contributed by atoms with Gasteiger partial charge in [0.15, 0.2) is 5.58 Å². The Morgan fingerprint density at radius 2 is 1.21 bits per heavy atom. The lowest BCUT2D eigenvalue weighted by molar-refractivity contribution is 0.480. The second-order valence-electron chi connectivity index (χ2n) is 23.7. The first kappa shape index (κ1) is 47.3. The topological polar surface area (TPSA) is 69.0 Å². The number of para-hydroxylation sites is 2. The summed E-state index contributed by atoms with van der Waals surface area (Å²) in [6, 6.07) is 50.7. The monoisotopic (exact) mass is 978 g/mol. The van der Waals surface area contributed by atoms with Crippen molar-refractivity contribution in [3.05, 3.63) is 162 Å². The molecule has 4 heterocycles. The number of aromatic hydroxyl groups is 1. The maximum Gasteiger partial charge on any atom is 0.155 e. The van der Waals surface area contributed by atoms with Crippen molar-refractivity contribution < 1.29 is 9.52 Å². The molecule has 0 radical (unpaired) electrons. The van der Waals surface area contributed by atoms with E-state index in [4.69, 9.17) is 14.4 Å². The van der Waals surface area contributed by atoms with Gasteiger partial charge < -0.3 is 14.1 Å². The molecule has 0 unspecified atom stereocenters. The van der Waals surface area contributed by atoms with Gasteiger partial charge in [0.1, 0.15) is 17.2 Å². The third-order valence-electron chi connectivity index (χ3n) is 14.8. The molecule has 8 heteroatoms. The van der Waals surface area contributed by atoms with Crippen molar-refractivity contribution in [3.8, 4) is 62.0 Å². The molecule has 4 aromatic heterocycles. The quantitative estimate of drug-likeness (QED) is 0.139. The first-order chi connectivity index (χ1) is 34.2. The number of rotatable bonds is 10. The van der Waals surface area contributed by atoms with Gasteiger partial charge in [-0.25, -0.2) is 4.98 Å². The SMILES string of the molecule is CC(C)c1cc(-c2ccccc2)cc(C(C)C)c1-n1c(-c2cc([Si](C)(C)C)cc([Si](C)(C)C)c2O)nc2c(-c3cc(-c4ncc5oc6cccc7c6c5c4n7-c4ccccc4)cc(C(C)(C)C)c3)cccc21. The molecule has 0 aliphatic carbocycles. The molecule has 362 valence electrons. The van der Waals surface area contributed by atoms with E-state index in [9.17, 15) is 5.11 Å². The fraction of sp³-hybridized carbons (Fsp3) is 0.250. The molecule has 0 amide bonds. The van der Waals surface area contributed by atoms with Crippen molar-refractivity contribution in [2.24, 2.45) is 0 Å². The first-order valence-electron chi connectivity index (χ1n) is 25.7. The van der Waals surface area contributed by atoms with Crippen LogP contribution in [0.1, 0.15) is 77.0 Å². The number of imidazole rings is 1. The fourth-order valence-corrected chi connectivity index (χ4v) is 13.6. The lowest BCUT2D eigenvalue weighted by atomic mass is 9.83. The van der Waals surface area contributed by atoms with Gasteiger partial charge in [-0.05, 0) is 116 Å². The van der Waals surface area contributed by atoms with Crippen LogP contribution in [0.15, 0.2) is 150 Å². The second-order valence-corrected chi connectivity index (χ2v) is 33.8. The molecule has 11 aromatic rings. The third-order valence-corrected chi connectivity index (χ3v) is 18.8. The van der Waals surface area contributed by atoms with Crippen LogP contribution in [-0.2, 0) is 5.41 Å². The number of hydrogen-bond donors (Lipinski definition) is 1. The molecule has 0 saturated heterocycles. The minimum atomic E-state index is -2.05. The van der Waals surface area contributed by atoms with Gasteiger partial charge in [-0.1, -0.05) is 172 Å². The number of hydrogen-bond acceptors (Lipinski definition) is 4. The summed E-state index contributed by atoms with van der Waals surface area (Å²) in [6.45, 7) is 30.3. The zero-order valence-corrected chi connectivity index (χ0v) is 46.2. The molecule has 11 rings (SSSR count). The molecule has 0 bridgehead atoms. The van der Waals surface area contributed by atoms with Crippen molar-refractivity contribution in [2.45, 2.75) is 105 Å². The standard InChI is InChI=1S/C64H66N4O2Si2/c1-38(2)48-33-41(40-22-16-14-17-23-40)34-49(39(3)4)60(48)68-52-28-20-26-47(59(52)66-63(68)50-35-46(71(8,9)10)36-55(62(50)69)72(11,12)13)42-30-43(32-44(31-42)64(5,6)7)58-61-57-54(37-65-58)70-53-29-21-27-51(56(53)57)67(61)45-24-18-15-19-25-45/h14-39,69H,1-13H3. The van der Waals surface area contributed by atoms with E-state index in [-0.39, 0.29) is 17.3 Å². The highest BCUT2D eigenvalue weighted by atomic mass is 28.3. The number of benzene rings is 7. The fourth-order valence-electron chi connectivity index (χ4n) is 10.9. The molecule has 6 nitrogen and oxygen atoms in total. The van der Waals surface area contributed by atoms with Gasteiger partial charge >= 0.3 is 0 Å². The minimum Gasteiger partial charge on any atom is -0.507 e. The molecule has 0 aliphatic rings. The molecule has 7 aromatic carbocycles. The lowest BCUT2D eigenvalue weighted by Crippen LogP contribution is -2.45. The van der Waals surface area contributed by atoms with Gasteiger partial charge in [0.25, 0.3) is 0 Å². The third kappa shape index (κ3) is 7.82. The van der Waals surface area contributed by atoms with Crippen molar-refractivity contribution in [1.82, 2.24) is 19.1 Å². The number of phenolic OH excluding ortho intramolecular Hbond substituents is 1. The van der Waals surface area contributed by atoms with Crippen LogP contribution in [0.3, 0.4) is 0 Å². The molecule has 0 saturated carbocycles. The van der Waals surface area contributed by atoms with Crippen molar-refractivity contribution in [1.29, 1.82) is 0 Å². The Kier molecular flexibility index (Phi) is 11.2. The van der Waals surface area contributed by atoms with E-state index >= 15 is 0 Å². The smallest absolute Gasteiger partial charge is 0.155 e. The van der Waals surface area contributed by atoms with E-state index in [1.807, 2.05) is 6.20 Å². The molecule has 0 atom stereocenters. The van der Waals surface area contributed by atoms with Crippen molar-refractivity contribution in [2.75, 3.05) is 0 Å². The number of fused-ring (bicyclic) bond motifs is 1. The summed E-state index contributed by atoms with van der Waals surface area (Å²) >= 11 is 0. The Morgan fingerprint density at radius 3 is 1.85 bits per heavy atom. The summed E-state index contributed by atoms with van der Waals surface area (Å²) in [5.41, 5.74) is 18.5. The molecule has 72 heavy (non-hydrogen) atoms. The van der Waals surface area contributed by atoms with E-state index in [1.54, 1.807) is 0 Å². The van der Waals surface area contributed by atoms with Gasteiger partial charge in [0, 0.05) is 16.8 Å². The van der Waals surface area contributed by atoms with Crippen LogP contribution in [0.5, 0.6) is 5.75 Å². The zero-order valence-electron chi connectivity index (χ0n) is 44.2. The second kappa shape index (κ2) is 17.1. The highest BCUT2D eigenvalue weighted by Gasteiger charge is 2.32. The van der Waals surface area contributed by atoms with E-state index in [0.717, 1.165) is 94.3 Å². The van der Waals surface area contributed by atoms with E-state index in [0.29, 0.717) is 5.75 Å². The molecule has 1 N–H and O–H groups in total. The average Bonchev–Trinajstić information content (AvgIpc) is 4.04. The first-order valence-corrected chi connectivity index (χ1v) is 32.7. The highest BCUT2D eigenvalue weighted by Crippen LogP contribution is 2.47. The van der Waals surface area contributed by atoms with Gasteiger partial charge in [-0.15, -0.1) is 0 Å². The molecular formula is C64H66N4O2Si2. The summed E-state index contributed by atoms with van der Waals surface area (Å²) in [5.74, 6) is 1.47. The van der Waals surface area contributed by atoms with Crippen LogP contribution in [0.25, 0.3) is 100 Å². The summed E-state index contributed by atoms with van der Waals surface area (Å²) in [5, 5.41) is 17.4. The van der Waals surface area contributed by atoms with Crippen LogP contribution in [0.4, 0.5) is 0 Å². The maximum atomic E-state index is 12.8. The summed E-state index contributed by atoms with van der Waals surface area (Å²) in [4.78, 5) is 11.2. The van der Waals surface area contributed by atoms with Gasteiger partial charge in [0.2, 0.25) is 0 Å². The largest absolute Gasteiger partial charge is 0.507 e. The number of nitrogens with zero attached hydrogens (tertiary/aromatic N) is 4. The van der Waals surface area contributed by atoms with Crippen LogP contribution < -0.4 is 10.4 Å². The number of aromatic nitrogens is 4. The van der Waals surface area contributed by atoms with Crippen LogP contribution >= 0.6 is 0 Å². The number of furan rings is 1. The Morgan fingerprint density at radius 1 is 0.569 bits per heavy atom. The lowest BCUT2D eigenvalue weighted by Gasteiger charge is -2.27. The molecular weight excluding hydrogens is 913 g/mol. The Labute approximate surface area is 426 Å². The summed E-state index contributed by atoms with van der Waals surface area (Å²) < 4.78 is 11.3. The van der Waals surface area contributed by atoms with E-state index < -0.39 is 16.1 Å². The summed E-state index contributed by atoms with van der Waals surface area (Å²) in [7, 11) is -3.95. The van der Waals surface area contributed by atoms with Gasteiger partial charge in [-0.3, -0.25) is 9.55 Å². The molecule has 0 spiro atoms. The Hall–Kier alpha value is -7.01. The van der Waals surface area contributed by atoms with Crippen LogP contribution in [0.2, 0.25) is 39.3 Å². The van der Waals surface area contributed by atoms with Gasteiger partial charge in [0.05, 0.1) is 72.1 Å².